The van der Waals surface area contributed by atoms with Crippen LogP contribution in [0.25, 0.3) is 22.6 Å². The molecule has 2 aromatic carbocycles. The standard InChI is InChI=1S/C24H24O5/c1-5-27-23(25)19-20(24(26)28-6-2)22(18-13-9-16(4)10-14-18)29-21(19)17-11-7-15(3)8-12-17/h7-14H,5-6H2,1-4H3. The SMILES string of the molecule is CCOC(=O)c1c(-c2ccc(C)cc2)oc(-c2ccc(C)cc2)c1C(=O)OCC. The van der Waals surface area contributed by atoms with Crippen LogP contribution >= 0.6 is 0 Å². The first-order valence-electron chi connectivity index (χ1n) is 9.61. The minimum absolute atomic E-state index is 0.0877. The van der Waals surface area contributed by atoms with Crippen molar-refractivity contribution in [1.29, 1.82) is 0 Å². The van der Waals surface area contributed by atoms with Gasteiger partial charge in [-0.15, -0.1) is 0 Å². The van der Waals surface area contributed by atoms with Crippen LogP contribution in [0.1, 0.15) is 45.7 Å². The lowest BCUT2D eigenvalue weighted by Crippen LogP contribution is -2.13. The molecular formula is C24H24O5. The molecule has 29 heavy (non-hydrogen) atoms. The summed E-state index contributed by atoms with van der Waals surface area (Å²) in [6.45, 7) is 7.74. The van der Waals surface area contributed by atoms with Crippen molar-refractivity contribution in [2.75, 3.05) is 13.2 Å². The first-order valence-corrected chi connectivity index (χ1v) is 9.61. The van der Waals surface area contributed by atoms with Gasteiger partial charge in [0.15, 0.2) is 0 Å². The Bertz CT molecular complexity index is 929. The van der Waals surface area contributed by atoms with E-state index >= 15 is 0 Å². The number of aryl methyl sites for hydroxylation is 2. The van der Waals surface area contributed by atoms with Crippen LogP contribution in [-0.2, 0) is 9.47 Å². The summed E-state index contributed by atoms with van der Waals surface area (Å²) in [6, 6.07) is 15.1. The molecule has 0 amide bonds. The maximum Gasteiger partial charge on any atom is 0.342 e. The van der Waals surface area contributed by atoms with Crippen LogP contribution in [0.5, 0.6) is 0 Å². The van der Waals surface area contributed by atoms with Crippen molar-refractivity contribution in [2.24, 2.45) is 0 Å². The Balaban J connectivity index is 2.30. The zero-order chi connectivity index (χ0) is 21.0. The summed E-state index contributed by atoms with van der Waals surface area (Å²) in [5.74, 6) is -0.648. The Labute approximate surface area is 170 Å². The number of hydrogen-bond donors (Lipinski definition) is 0. The van der Waals surface area contributed by atoms with E-state index in [1.54, 1.807) is 13.8 Å². The minimum Gasteiger partial charge on any atom is -0.462 e. The number of ether oxygens (including phenoxy) is 2. The fourth-order valence-electron chi connectivity index (χ4n) is 3.04. The molecule has 0 aliphatic rings. The minimum atomic E-state index is -0.617. The van der Waals surface area contributed by atoms with E-state index in [-0.39, 0.29) is 24.3 Å². The van der Waals surface area contributed by atoms with Crippen LogP contribution in [0.15, 0.2) is 52.9 Å². The van der Waals surface area contributed by atoms with Gasteiger partial charge < -0.3 is 13.9 Å². The van der Waals surface area contributed by atoms with Gasteiger partial charge in [-0.05, 0) is 27.7 Å². The molecule has 1 aromatic heterocycles. The highest BCUT2D eigenvalue weighted by atomic mass is 16.5. The summed E-state index contributed by atoms with van der Waals surface area (Å²) >= 11 is 0. The highest BCUT2D eigenvalue weighted by molar-refractivity contribution is 6.10. The molecule has 3 rings (SSSR count). The van der Waals surface area contributed by atoms with E-state index in [0.717, 1.165) is 11.1 Å². The molecule has 3 aromatic rings. The van der Waals surface area contributed by atoms with E-state index in [4.69, 9.17) is 13.9 Å². The van der Waals surface area contributed by atoms with Gasteiger partial charge in [0.05, 0.1) is 13.2 Å². The van der Waals surface area contributed by atoms with E-state index in [2.05, 4.69) is 0 Å². The molecule has 150 valence electrons. The van der Waals surface area contributed by atoms with E-state index in [1.807, 2.05) is 62.4 Å². The number of furan rings is 1. The van der Waals surface area contributed by atoms with Gasteiger partial charge in [0.25, 0.3) is 0 Å². The molecule has 0 aliphatic carbocycles. The van der Waals surface area contributed by atoms with Crippen molar-refractivity contribution in [3.05, 3.63) is 70.8 Å². The number of esters is 2. The lowest BCUT2D eigenvalue weighted by molar-refractivity contribution is 0.0481. The summed E-state index contributed by atoms with van der Waals surface area (Å²) in [4.78, 5) is 25.7. The topological polar surface area (TPSA) is 65.7 Å². The fourth-order valence-corrected chi connectivity index (χ4v) is 3.04. The van der Waals surface area contributed by atoms with Gasteiger partial charge in [0.2, 0.25) is 0 Å². The van der Waals surface area contributed by atoms with Crippen LogP contribution in [0, 0.1) is 13.8 Å². The molecule has 0 saturated carbocycles. The Morgan fingerprint density at radius 3 is 1.34 bits per heavy atom. The zero-order valence-electron chi connectivity index (χ0n) is 17.1. The molecule has 0 N–H and O–H groups in total. The Hall–Kier alpha value is -3.34. The van der Waals surface area contributed by atoms with E-state index in [1.165, 1.54) is 0 Å². The molecule has 0 atom stereocenters. The third kappa shape index (κ3) is 4.24. The number of carbonyl (C=O) groups is 2. The number of hydrogen-bond acceptors (Lipinski definition) is 5. The van der Waals surface area contributed by atoms with E-state index in [9.17, 15) is 9.59 Å². The monoisotopic (exact) mass is 392 g/mol. The average molecular weight is 392 g/mol. The van der Waals surface area contributed by atoms with E-state index in [0.29, 0.717) is 22.6 Å². The second-order valence-corrected chi connectivity index (χ2v) is 6.68. The molecule has 0 aliphatic heterocycles. The van der Waals surface area contributed by atoms with Gasteiger partial charge >= 0.3 is 11.9 Å². The van der Waals surface area contributed by atoms with Crippen molar-refractivity contribution in [3.8, 4) is 22.6 Å². The molecule has 0 bridgehead atoms. The van der Waals surface area contributed by atoms with Gasteiger partial charge in [-0.1, -0.05) is 59.7 Å². The fraction of sp³-hybridized carbons (Fsp3) is 0.250. The predicted octanol–water partition coefficient (Wildman–Crippen LogP) is 5.58. The number of rotatable bonds is 6. The average Bonchev–Trinajstić information content (AvgIpc) is 3.10. The van der Waals surface area contributed by atoms with Gasteiger partial charge in [-0.2, -0.15) is 0 Å². The van der Waals surface area contributed by atoms with Gasteiger partial charge in [0, 0.05) is 11.1 Å². The van der Waals surface area contributed by atoms with E-state index < -0.39 is 11.9 Å². The summed E-state index contributed by atoms with van der Waals surface area (Å²) in [5, 5.41) is 0. The Morgan fingerprint density at radius 2 is 1.03 bits per heavy atom. The van der Waals surface area contributed by atoms with Crippen LogP contribution in [-0.4, -0.2) is 25.2 Å². The molecule has 0 saturated heterocycles. The lowest BCUT2D eigenvalue weighted by atomic mass is 10.0. The van der Waals surface area contributed by atoms with Crippen LogP contribution in [0.2, 0.25) is 0 Å². The van der Waals surface area contributed by atoms with Crippen molar-refractivity contribution in [3.63, 3.8) is 0 Å². The molecule has 0 radical (unpaired) electrons. The lowest BCUT2D eigenvalue weighted by Gasteiger charge is -2.07. The molecule has 0 fully saturated rings. The molecule has 0 spiro atoms. The molecular weight excluding hydrogens is 368 g/mol. The first-order chi connectivity index (χ1) is 14.0. The predicted molar refractivity (Wildman–Crippen MR) is 111 cm³/mol. The number of carbonyl (C=O) groups excluding carboxylic acids is 2. The quantitative estimate of drug-likeness (QED) is 0.512. The highest BCUT2D eigenvalue weighted by Crippen LogP contribution is 2.38. The molecule has 0 unspecified atom stereocenters. The highest BCUT2D eigenvalue weighted by Gasteiger charge is 2.33. The summed E-state index contributed by atoms with van der Waals surface area (Å²) in [5.41, 5.74) is 3.68. The second kappa shape index (κ2) is 8.78. The smallest absolute Gasteiger partial charge is 0.342 e. The number of benzene rings is 2. The summed E-state index contributed by atoms with van der Waals surface area (Å²) in [7, 11) is 0. The molecule has 5 heteroatoms. The first kappa shape index (κ1) is 20.4. The second-order valence-electron chi connectivity index (χ2n) is 6.68. The van der Waals surface area contributed by atoms with Crippen LogP contribution < -0.4 is 0 Å². The maximum absolute atomic E-state index is 12.8. The van der Waals surface area contributed by atoms with Crippen molar-refractivity contribution >= 4 is 11.9 Å². The van der Waals surface area contributed by atoms with Crippen LogP contribution in [0.3, 0.4) is 0 Å². The van der Waals surface area contributed by atoms with Gasteiger partial charge in [-0.25, -0.2) is 9.59 Å². The third-order valence-corrected chi connectivity index (χ3v) is 4.49. The maximum atomic E-state index is 12.8. The van der Waals surface area contributed by atoms with Crippen molar-refractivity contribution < 1.29 is 23.5 Å². The summed E-state index contributed by atoms with van der Waals surface area (Å²) < 4.78 is 16.6. The molecule has 5 nitrogen and oxygen atoms in total. The largest absolute Gasteiger partial charge is 0.462 e. The Morgan fingerprint density at radius 1 is 0.690 bits per heavy atom. The zero-order valence-corrected chi connectivity index (χ0v) is 17.1. The van der Waals surface area contributed by atoms with Crippen molar-refractivity contribution in [1.82, 2.24) is 0 Å². The van der Waals surface area contributed by atoms with Crippen LogP contribution in [0.4, 0.5) is 0 Å². The van der Waals surface area contributed by atoms with Gasteiger partial charge in [0.1, 0.15) is 22.6 Å². The molecule has 1 heterocycles. The normalized spacial score (nSPS) is 10.6. The Kier molecular flexibility index (Phi) is 6.17. The summed E-state index contributed by atoms with van der Waals surface area (Å²) in [6.07, 6.45) is 0. The third-order valence-electron chi connectivity index (χ3n) is 4.49. The van der Waals surface area contributed by atoms with Gasteiger partial charge in [-0.3, -0.25) is 0 Å². The van der Waals surface area contributed by atoms with Crippen molar-refractivity contribution in [2.45, 2.75) is 27.7 Å².